The predicted molar refractivity (Wildman–Crippen MR) is 66.1 cm³/mol. The van der Waals surface area contributed by atoms with E-state index in [1.54, 1.807) is 11.3 Å². The highest BCUT2D eigenvalue weighted by molar-refractivity contribution is 7.10. The van der Waals surface area contributed by atoms with Gasteiger partial charge in [-0.15, -0.1) is 11.3 Å². The number of rotatable bonds is 4. The lowest BCUT2D eigenvalue weighted by Gasteiger charge is -1.96. The van der Waals surface area contributed by atoms with Crippen molar-refractivity contribution >= 4 is 28.0 Å². The van der Waals surface area contributed by atoms with Crippen LogP contribution in [0.5, 0.6) is 0 Å². The predicted octanol–water partition coefficient (Wildman–Crippen LogP) is 2.79. The molecule has 0 atom stereocenters. The first-order chi connectivity index (χ1) is 7.81. The Balaban J connectivity index is 1.61. The van der Waals surface area contributed by atoms with Crippen LogP contribution in [0, 0.1) is 6.92 Å². The molecule has 2 aromatic heterocycles. The molecule has 6 heteroatoms. The lowest BCUT2D eigenvalue weighted by molar-refractivity contribution is 0.977. The van der Waals surface area contributed by atoms with Gasteiger partial charge in [0.05, 0.1) is 6.54 Å². The summed E-state index contributed by atoms with van der Waals surface area (Å²) in [5.41, 5.74) is 1.08. The number of nitrogens with one attached hydrogen (secondary N) is 1. The van der Waals surface area contributed by atoms with Crippen molar-refractivity contribution in [3.8, 4) is 0 Å². The highest BCUT2D eigenvalue weighted by Crippen LogP contribution is 2.39. The monoisotopic (exact) mass is 252 g/mol. The summed E-state index contributed by atoms with van der Waals surface area (Å²) in [7, 11) is 0. The third-order valence-corrected chi connectivity index (χ3v) is 4.10. The Kier molecular flexibility index (Phi) is 2.61. The van der Waals surface area contributed by atoms with E-state index in [1.807, 2.05) is 6.92 Å². The van der Waals surface area contributed by atoms with Crippen molar-refractivity contribution in [3.63, 3.8) is 0 Å². The molecule has 0 aromatic carbocycles. The van der Waals surface area contributed by atoms with Crippen LogP contribution in [-0.2, 0) is 6.54 Å². The van der Waals surface area contributed by atoms with Gasteiger partial charge in [-0.3, -0.25) is 0 Å². The molecular weight excluding hydrogens is 240 g/mol. The van der Waals surface area contributed by atoms with Crippen LogP contribution in [0.15, 0.2) is 5.38 Å². The Bertz CT molecular complexity index is 486. The fourth-order valence-corrected chi connectivity index (χ4v) is 2.80. The molecule has 1 aliphatic carbocycles. The summed E-state index contributed by atoms with van der Waals surface area (Å²) >= 11 is 3.13. The zero-order chi connectivity index (χ0) is 11.0. The van der Waals surface area contributed by atoms with E-state index in [1.165, 1.54) is 24.4 Å². The van der Waals surface area contributed by atoms with E-state index in [0.717, 1.165) is 28.2 Å². The number of anilines is 1. The van der Waals surface area contributed by atoms with E-state index in [9.17, 15) is 0 Å². The molecule has 0 aliphatic heterocycles. The first-order valence-electron chi connectivity index (χ1n) is 5.30. The Morgan fingerprint density at radius 1 is 1.44 bits per heavy atom. The molecule has 2 aromatic rings. The third kappa shape index (κ3) is 2.22. The molecule has 4 nitrogen and oxygen atoms in total. The number of thiazole rings is 1. The quantitative estimate of drug-likeness (QED) is 0.909. The summed E-state index contributed by atoms with van der Waals surface area (Å²) < 4.78 is 4.35. The average molecular weight is 252 g/mol. The summed E-state index contributed by atoms with van der Waals surface area (Å²) in [6.45, 7) is 2.76. The Hall–Kier alpha value is -1.01. The second-order valence-electron chi connectivity index (χ2n) is 3.97. The van der Waals surface area contributed by atoms with Gasteiger partial charge in [-0.2, -0.15) is 4.37 Å². The van der Waals surface area contributed by atoms with Gasteiger partial charge < -0.3 is 5.32 Å². The molecule has 16 heavy (non-hydrogen) atoms. The molecule has 0 bridgehead atoms. The first kappa shape index (κ1) is 10.2. The molecule has 1 fully saturated rings. The summed E-state index contributed by atoms with van der Waals surface area (Å²) in [5, 5.41) is 7.34. The molecular formula is C10H12N4S2. The van der Waals surface area contributed by atoms with E-state index >= 15 is 0 Å². The average Bonchev–Trinajstić information content (AvgIpc) is 2.87. The number of aromatic nitrogens is 3. The smallest absolute Gasteiger partial charge is 0.202 e. The van der Waals surface area contributed by atoms with Gasteiger partial charge in [0.15, 0.2) is 0 Å². The van der Waals surface area contributed by atoms with Gasteiger partial charge >= 0.3 is 0 Å². The third-order valence-electron chi connectivity index (χ3n) is 2.44. The minimum atomic E-state index is 0.633. The zero-order valence-corrected chi connectivity index (χ0v) is 10.6. The normalized spacial score (nSPS) is 15.3. The van der Waals surface area contributed by atoms with E-state index in [0.29, 0.717) is 5.92 Å². The SMILES string of the molecule is Cc1csc(CNc2nc(C3CC3)ns2)n1. The fourth-order valence-electron chi connectivity index (χ4n) is 1.45. The highest BCUT2D eigenvalue weighted by Gasteiger charge is 2.27. The van der Waals surface area contributed by atoms with Crippen LogP contribution in [0.4, 0.5) is 5.13 Å². The van der Waals surface area contributed by atoms with E-state index < -0.39 is 0 Å². The van der Waals surface area contributed by atoms with Gasteiger partial charge in [0.1, 0.15) is 10.8 Å². The van der Waals surface area contributed by atoms with Gasteiger partial charge in [-0.25, -0.2) is 9.97 Å². The van der Waals surface area contributed by atoms with Crippen molar-refractivity contribution in [1.29, 1.82) is 0 Å². The van der Waals surface area contributed by atoms with Crippen LogP contribution >= 0.6 is 22.9 Å². The number of hydrogen-bond acceptors (Lipinski definition) is 6. The van der Waals surface area contributed by atoms with Gasteiger partial charge in [0.2, 0.25) is 5.13 Å². The van der Waals surface area contributed by atoms with Crippen LogP contribution < -0.4 is 5.32 Å². The van der Waals surface area contributed by atoms with Gasteiger partial charge in [0, 0.05) is 28.5 Å². The molecule has 0 amide bonds. The number of hydrogen-bond donors (Lipinski definition) is 1. The highest BCUT2D eigenvalue weighted by atomic mass is 32.1. The van der Waals surface area contributed by atoms with Gasteiger partial charge in [0.25, 0.3) is 0 Å². The lowest BCUT2D eigenvalue weighted by atomic mass is 10.4. The molecule has 2 heterocycles. The fraction of sp³-hybridized carbons (Fsp3) is 0.500. The Morgan fingerprint density at radius 2 is 2.31 bits per heavy atom. The minimum Gasteiger partial charge on any atom is -0.354 e. The van der Waals surface area contributed by atoms with Crippen molar-refractivity contribution in [1.82, 2.24) is 14.3 Å². The Morgan fingerprint density at radius 3 is 3.00 bits per heavy atom. The van der Waals surface area contributed by atoms with Crippen LogP contribution in [0.3, 0.4) is 0 Å². The Labute approximate surface area is 102 Å². The van der Waals surface area contributed by atoms with Crippen molar-refractivity contribution in [2.24, 2.45) is 0 Å². The lowest BCUT2D eigenvalue weighted by Crippen LogP contribution is -1.98. The largest absolute Gasteiger partial charge is 0.354 e. The van der Waals surface area contributed by atoms with Gasteiger partial charge in [-0.05, 0) is 19.8 Å². The second kappa shape index (κ2) is 4.10. The summed E-state index contributed by atoms with van der Waals surface area (Å²) in [6.07, 6.45) is 2.50. The molecule has 0 radical (unpaired) electrons. The van der Waals surface area contributed by atoms with E-state index in [-0.39, 0.29) is 0 Å². The molecule has 0 unspecified atom stereocenters. The number of aryl methyl sites for hydroxylation is 1. The minimum absolute atomic E-state index is 0.633. The first-order valence-corrected chi connectivity index (χ1v) is 6.95. The van der Waals surface area contributed by atoms with E-state index in [4.69, 9.17) is 0 Å². The maximum absolute atomic E-state index is 4.47. The topological polar surface area (TPSA) is 50.7 Å². The van der Waals surface area contributed by atoms with Crippen LogP contribution in [0.1, 0.15) is 35.3 Å². The van der Waals surface area contributed by atoms with Crippen molar-refractivity contribution < 1.29 is 0 Å². The molecule has 1 N–H and O–H groups in total. The summed E-state index contributed by atoms with van der Waals surface area (Å²) in [5.74, 6) is 1.65. The van der Waals surface area contributed by atoms with Crippen molar-refractivity contribution in [3.05, 3.63) is 21.9 Å². The summed E-state index contributed by atoms with van der Waals surface area (Å²) in [4.78, 5) is 8.86. The zero-order valence-electron chi connectivity index (χ0n) is 8.93. The molecule has 0 spiro atoms. The molecule has 3 rings (SSSR count). The molecule has 0 saturated heterocycles. The second-order valence-corrected chi connectivity index (χ2v) is 5.66. The van der Waals surface area contributed by atoms with Crippen LogP contribution in [-0.4, -0.2) is 14.3 Å². The van der Waals surface area contributed by atoms with Crippen molar-refractivity contribution in [2.75, 3.05) is 5.32 Å². The molecule has 1 aliphatic rings. The van der Waals surface area contributed by atoms with E-state index in [2.05, 4.69) is 25.0 Å². The maximum atomic E-state index is 4.47. The summed E-state index contributed by atoms with van der Waals surface area (Å²) in [6, 6.07) is 0. The molecule has 1 saturated carbocycles. The van der Waals surface area contributed by atoms with Crippen LogP contribution in [0.2, 0.25) is 0 Å². The van der Waals surface area contributed by atoms with Crippen molar-refractivity contribution in [2.45, 2.75) is 32.2 Å². The maximum Gasteiger partial charge on any atom is 0.202 e. The van der Waals surface area contributed by atoms with Gasteiger partial charge in [-0.1, -0.05) is 0 Å². The molecule has 84 valence electrons. The standard InChI is InChI=1S/C10H12N4S2/c1-6-5-15-8(12-6)4-11-10-13-9(14-16-10)7-2-3-7/h5,7H,2-4H2,1H3,(H,11,13,14). The number of nitrogens with zero attached hydrogens (tertiary/aromatic N) is 3. The van der Waals surface area contributed by atoms with Crippen LogP contribution in [0.25, 0.3) is 0 Å².